The zero-order chi connectivity index (χ0) is 19.3. The van der Waals surface area contributed by atoms with E-state index < -0.39 is 15.9 Å². The van der Waals surface area contributed by atoms with Gasteiger partial charge in [-0.3, -0.25) is 4.79 Å². The number of rotatable bonds is 4. The third kappa shape index (κ3) is 6.69. The molecule has 0 fully saturated rings. The topological polar surface area (TPSA) is 53.2 Å². The Kier molecular flexibility index (Phi) is 8.24. The fraction of sp³-hybridized carbons (Fsp3) is 0.125. The van der Waals surface area contributed by atoms with Crippen LogP contribution < -0.4 is 16.0 Å². The first kappa shape index (κ1) is 22.0. The number of para-hydroxylation sites is 1. The zero-order valence-electron chi connectivity index (χ0n) is 12.9. The molecule has 0 radical (unpaired) electrons. The van der Waals surface area contributed by atoms with Crippen LogP contribution in [0.4, 0.5) is 5.69 Å². The van der Waals surface area contributed by atoms with E-state index in [4.69, 9.17) is 47.0 Å². The van der Waals surface area contributed by atoms with Crippen molar-refractivity contribution in [3.8, 4) is 0 Å². The largest absolute Gasteiger partial charge is 0.339 e. The standard InChI is InChI=1S/C16H12BrCl3IN3OS/c17-11-6-1-2-7-12(11)22-15(26)24-14(16(18,19)20)23-13(25)9-4-3-5-10(21)8-9/h1-8,14H,(H,23,25)(H2,22,24,26)/t14-/m1/s1. The van der Waals surface area contributed by atoms with Gasteiger partial charge < -0.3 is 16.0 Å². The quantitative estimate of drug-likeness (QED) is 0.187. The summed E-state index contributed by atoms with van der Waals surface area (Å²) in [5.74, 6) is -0.393. The normalized spacial score (nSPS) is 12.2. The van der Waals surface area contributed by atoms with E-state index in [2.05, 4.69) is 54.5 Å². The molecule has 2 rings (SSSR count). The van der Waals surface area contributed by atoms with Crippen molar-refractivity contribution in [1.29, 1.82) is 0 Å². The molecule has 138 valence electrons. The molecule has 1 amide bonds. The van der Waals surface area contributed by atoms with E-state index in [1.807, 2.05) is 30.3 Å². The second kappa shape index (κ2) is 9.75. The molecule has 0 spiro atoms. The number of hydrogen-bond acceptors (Lipinski definition) is 2. The van der Waals surface area contributed by atoms with Crippen LogP contribution in [0.25, 0.3) is 0 Å². The summed E-state index contributed by atoms with van der Waals surface area (Å²) in [6, 6.07) is 14.4. The van der Waals surface area contributed by atoms with Crippen LogP contribution in [0.2, 0.25) is 0 Å². The van der Waals surface area contributed by atoms with Crippen LogP contribution in [0.1, 0.15) is 10.4 Å². The lowest BCUT2D eigenvalue weighted by Gasteiger charge is -2.28. The van der Waals surface area contributed by atoms with Gasteiger partial charge in [0.2, 0.25) is 3.79 Å². The monoisotopic (exact) mass is 605 g/mol. The first-order chi connectivity index (χ1) is 12.2. The molecule has 0 aliphatic heterocycles. The second-order valence-corrected chi connectivity index (χ2v) is 9.91. The number of benzene rings is 2. The summed E-state index contributed by atoms with van der Waals surface area (Å²) in [4.78, 5) is 12.4. The molecule has 26 heavy (non-hydrogen) atoms. The van der Waals surface area contributed by atoms with Gasteiger partial charge in [-0.2, -0.15) is 0 Å². The number of thiocarbonyl (C=S) groups is 1. The SMILES string of the molecule is O=C(N[C@H](NC(=S)Nc1ccccc1Br)C(Cl)(Cl)Cl)c1cccc(I)c1. The van der Waals surface area contributed by atoms with Gasteiger partial charge in [-0.15, -0.1) is 0 Å². The minimum absolute atomic E-state index is 0.191. The zero-order valence-corrected chi connectivity index (χ0v) is 19.7. The average molecular weight is 608 g/mol. The van der Waals surface area contributed by atoms with E-state index in [-0.39, 0.29) is 5.11 Å². The summed E-state index contributed by atoms with van der Waals surface area (Å²) in [5, 5.41) is 8.63. The molecule has 0 aromatic heterocycles. The predicted molar refractivity (Wildman–Crippen MR) is 124 cm³/mol. The molecule has 0 aliphatic rings. The molecular weight excluding hydrogens is 595 g/mol. The molecule has 2 aromatic rings. The first-order valence-corrected chi connectivity index (χ1v) is 10.5. The van der Waals surface area contributed by atoms with Crippen LogP contribution in [0.3, 0.4) is 0 Å². The van der Waals surface area contributed by atoms with Crippen molar-refractivity contribution >= 4 is 102 Å². The van der Waals surface area contributed by atoms with E-state index >= 15 is 0 Å². The highest BCUT2D eigenvalue weighted by molar-refractivity contribution is 14.1. The van der Waals surface area contributed by atoms with E-state index in [0.29, 0.717) is 5.56 Å². The number of halogens is 5. The summed E-state index contributed by atoms with van der Waals surface area (Å²) in [7, 11) is 0. The van der Waals surface area contributed by atoms with Gasteiger partial charge in [0.1, 0.15) is 6.17 Å². The fourth-order valence-corrected chi connectivity index (χ4v) is 3.38. The number of carbonyl (C=O) groups is 1. The number of alkyl halides is 3. The Morgan fingerprint density at radius 3 is 2.42 bits per heavy atom. The summed E-state index contributed by atoms with van der Waals surface area (Å²) < 4.78 is -0.0886. The van der Waals surface area contributed by atoms with Crippen LogP contribution in [0, 0.1) is 3.57 Å². The highest BCUT2D eigenvalue weighted by Gasteiger charge is 2.35. The summed E-state index contributed by atoms with van der Waals surface area (Å²) in [5.41, 5.74) is 1.18. The maximum absolute atomic E-state index is 12.4. The molecule has 0 bridgehead atoms. The Hall–Kier alpha value is -0.320. The average Bonchev–Trinajstić information content (AvgIpc) is 2.55. The first-order valence-electron chi connectivity index (χ1n) is 7.12. The van der Waals surface area contributed by atoms with Crippen molar-refractivity contribution in [2.75, 3.05) is 5.32 Å². The Morgan fingerprint density at radius 1 is 1.12 bits per heavy atom. The van der Waals surface area contributed by atoms with Gasteiger partial charge in [0.15, 0.2) is 5.11 Å². The van der Waals surface area contributed by atoms with Crippen molar-refractivity contribution in [2.24, 2.45) is 0 Å². The van der Waals surface area contributed by atoms with Crippen LogP contribution in [-0.4, -0.2) is 21.0 Å². The van der Waals surface area contributed by atoms with Gasteiger partial charge in [0.25, 0.3) is 5.91 Å². The molecule has 0 saturated heterocycles. The third-order valence-electron chi connectivity index (χ3n) is 3.09. The van der Waals surface area contributed by atoms with E-state index in [0.717, 1.165) is 13.7 Å². The lowest BCUT2D eigenvalue weighted by molar-refractivity contribution is 0.0934. The molecule has 10 heteroatoms. The number of carbonyl (C=O) groups excluding carboxylic acids is 1. The number of amides is 1. The van der Waals surface area contributed by atoms with Gasteiger partial charge in [-0.1, -0.05) is 53.0 Å². The number of hydrogen-bond donors (Lipinski definition) is 3. The van der Waals surface area contributed by atoms with Crippen LogP contribution in [0.15, 0.2) is 53.0 Å². The predicted octanol–water partition coefficient (Wildman–Crippen LogP) is 5.47. The lowest BCUT2D eigenvalue weighted by Crippen LogP contribution is -2.56. The summed E-state index contributed by atoms with van der Waals surface area (Å²) >= 11 is 28.8. The van der Waals surface area contributed by atoms with Gasteiger partial charge in [-0.25, -0.2) is 0 Å². The second-order valence-electron chi connectivity index (χ2n) is 5.04. The van der Waals surface area contributed by atoms with Gasteiger partial charge in [0.05, 0.1) is 5.69 Å². The number of nitrogens with one attached hydrogen (secondary N) is 3. The molecule has 3 N–H and O–H groups in total. The van der Waals surface area contributed by atoms with Crippen LogP contribution >= 0.6 is 85.5 Å². The molecule has 0 heterocycles. The Balaban J connectivity index is 2.09. The van der Waals surface area contributed by atoms with Gasteiger partial charge in [0, 0.05) is 13.6 Å². The number of anilines is 1. The van der Waals surface area contributed by atoms with E-state index in [1.165, 1.54) is 0 Å². The molecular formula is C16H12BrCl3IN3OS. The Morgan fingerprint density at radius 2 is 1.81 bits per heavy atom. The van der Waals surface area contributed by atoms with Crippen molar-refractivity contribution in [2.45, 2.75) is 9.96 Å². The smallest absolute Gasteiger partial charge is 0.253 e. The van der Waals surface area contributed by atoms with Gasteiger partial charge in [-0.05, 0) is 81.1 Å². The van der Waals surface area contributed by atoms with Crippen molar-refractivity contribution in [3.63, 3.8) is 0 Å². The molecule has 1 atom stereocenters. The van der Waals surface area contributed by atoms with Crippen molar-refractivity contribution < 1.29 is 4.79 Å². The Bertz CT molecular complexity index is 819. The van der Waals surface area contributed by atoms with Crippen molar-refractivity contribution in [1.82, 2.24) is 10.6 Å². The van der Waals surface area contributed by atoms with E-state index in [1.54, 1.807) is 18.2 Å². The third-order valence-corrected chi connectivity index (χ3v) is 5.32. The van der Waals surface area contributed by atoms with E-state index in [9.17, 15) is 4.79 Å². The molecule has 0 saturated carbocycles. The Labute approximate surface area is 193 Å². The highest BCUT2D eigenvalue weighted by Crippen LogP contribution is 2.29. The molecule has 2 aromatic carbocycles. The summed E-state index contributed by atoms with van der Waals surface area (Å²) in [6.45, 7) is 0. The molecule has 0 unspecified atom stereocenters. The maximum Gasteiger partial charge on any atom is 0.253 e. The van der Waals surface area contributed by atoms with Crippen LogP contribution in [-0.2, 0) is 0 Å². The molecule has 0 aliphatic carbocycles. The highest BCUT2D eigenvalue weighted by atomic mass is 127. The maximum atomic E-state index is 12.4. The fourth-order valence-electron chi connectivity index (χ4n) is 1.90. The minimum atomic E-state index is -1.82. The van der Waals surface area contributed by atoms with Gasteiger partial charge >= 0.3 is 0 Å². The van der Waals surface area contributed by atoms with Crippen LogP contribution in [0.5, 0.6) is 0 Å². The summed E-state index contributed by atoms with van der Waals surface area (Å²) in [6.07, 6.45) is -1.04. The molecule has 4 nitrogen and oxygen atoms in total. The van der Waals surface area contributed by atoms with Crippen molar-refractivity contribution in [3.05, 3.63) is 62.1 Å². The lowest BCUT2D eigenvalue weighted by atomic mass is 10.2. The minimum Gasteiger partial charge on any atom is -0.339 e.